The van der Waals surface area contributed by atoms with E-state index in [1.165, 1.54) is 0 Å². The summed E-state index contributed by atoms with van der Waals surface area (Å²) in [4.78, 5) is 0. The zero-order chi connectivity index (χ0) is 13.6. The van der Waals surface area contributed by atoms with Gasteiger partial charge in [-0.1, -0.05) is 39.0 Å². The molecule has 0 saturated carbocycles. The normalized spacial score (nSPS) is 27.2. The molecule has 2 atom stereocenters. The average molecular weight is 265 g/mol. The predicted octanol–water partition coefficient (Wildman–Crippen LogP) is 3.35. The Morgan fingerprint density at radius 1 is 1.28 bits per heavy atom. The highest BCUT2D eigenvalue weighted by Crippen LogP contribution is 2.35. The highest BCUT2D eigenvalue weighted by atomic mass is 28.4. The van der Waals surface area contributed by atoms with E-state index in [4.69, 9.17) is 9.69 Å². The molecule has 0 radical (unpaired) electrons. The molecular formula is C14H23NO2Si. The number of nitriles is 1. The van der Waals surface area contributed by atoms with Crippen molar-refractivity contribution in [2.45, 2.75) is 51.1 Å². The number of allylic oxidation sites excluding steroid dienone is 2. The van der Waals surface area contributed by atoms with Crippen LogP contribution in [0, 0.1) is 17.2 Å². The van der Waals surface area contributed by atoms with Crippen molar-refractivity contribution in [3.05, 3.63) is 24.3 Å². The van der Waals surface area contributed by atoms with Crippen LogP contribution in [0.25, 0.3) is 0 Å². The fourth-order valence-electron chi connectivity index (χ4n) is 2.39. The van der Waals surface area contributed by atoms with Gasteiger partial charge in [-0.25, -0.2) is 0 Å². The average Bonchev–Trinajstić information content (AvgIpc) is 2.39. The van der Waals surface area contributed by atoms with Crippen LogP contribution in [-0.4, -0.2) is 19.2 Å². The maximum absolute atomic E-state index is 10.7. The summed E-state index contributed by atoms with van der Waals surface area (Å²) >= 11 is 0. The van der Waals surface area contributed by atoms with Gasteiger partial charge in [0.25, 0.3) is 0 Å². The molecule has 0 aromatic carbocycles. The summed E-state index contributed by atoms with van der Waals surface area (Å²) in [5.74, 6) is -1.55. The van der Waals surface area contributed by atoms with Crippen molar-refractivity contribution in [2.24, 2.45) is 5.92 Å². The zero-order valence-corrected chi connectivity index (χ0v) is 12.5. The van der Waals surface area contributed by atoms with Crippen LogP contribution in [-0.2, 0) is 4.43 Å². The SMILES string of the molecule is CC[Si](CC)(CC)OC1(O)C=CC=CC1CC#N. The van der Waals surface area contributed by atoms with Gasteiger partial charge >= 0.3 is 0 Å². The third-order valence-electron chi connectivity index (χ3n) is 3.95. The van der Waals surface area contributed by atoms with E-state index in [-0.39, 0.29) is 12.3 Å². The number of hydrogen-bond donors (Lipinski definition) is 1. The van der Waals surface area contributed by atoms with Gasteiger partial charge in [0, 0.05) is 12.3 Å². The highest BCUT2D eigenvalue weighted by Gasteiger charge is 2.43. The van der Waals surface area contributed by atoms with E-state index in [1.807, 2.05) is 12.2 Å². The van der Waals surface area contributed by atoms with Gasteiger partial charge in [0.05, 0.1) is 6.07 Å². The molecule has 2 unspecified atom stereocenters. The second kappa shape index (κ2) is 6.33. The largest absolute Gasteiger partial charge is 0.387 e. The van der Waals surface area contributed by atoms with E-state index in [0.717, 1.165) is 18.1 Å². The maximum atomic E-state index is 10.7. The summed E-state index contributed by atoms with van der Waals surface area (Å²) in [6, 6.07) is 5.08. The predicted molar refractivity (Wildman–Crippen MR) is 75.2 cm³/mol. The third-order valence-corrected chi connectivity index (χ3v) is 8.57. The van der Waals surface area contributed by atoms with Crippen LogP contribution in [0.5, 0.6) is 0 Å². The van der Waals surface area contributed by atoms with Gasteiger partial charge in [0.15, 0.2) is 14.1 Å². The van der Waals surface area contributed by atoms with Crippen molar-refractivity contribution in [1.29, 1.82) is 5.26 Å². The second-order valence-electron chi connectivity index (χ2n) is 4.81. The lowest BCUT2D eigenvalue weighted by Crippen LogP contribution is -2.50. The molecule has 1 aliphatic carbocycles. The Kier molecular flexibility index (Phi) is 5.33. The van der Waals surface area contributed by atoms with E-state index in [0.29, 0.717) is 0 Å². The molecule has 0 amide bonds. The molecule has 4 heteroatoms. The summed E-state index contributed by atoms with van der Waals surface area (Å²) in [7, 11) is -1.89. The fourth-order valence-corrected chi connectivity index (χ4v) is 5.23. The molecule has 0 aromatic rings. The van der Waals surface area contributed by atoms with Gasteiger partial charge < -0.3 is 9.53 Å². The van der Waals surface area contributed by atoms with Crippen LogP contribution < -0.4 is 0 Å². The van der Waals surface area contributed by atoms with Gasteiger partial charge in [-0.3, -0.25) is 0 Å². The van der Waals surface area contributed by atoms with E-state index >= 15 is 0 Å². The molecule has 1 aliphatic rings. The van der Waals surface area contributed by atoms with Crippen molar-refractivity contribution < 1.29 is 9.53 Å². The first-order valence-electron chi connectivity index (χ1n) is 6.71. The summed E-state index contributed by atoms with van der Waals surface area (Å²) in [6.07, 6.45) is 7.50. The van der Waals surface area contributed by atoms with Gasteiger partial charge in [-0.2, -0.15) is 5.26 Å². The second-order valence-corrected chi connectivity index (χ2v) is 9.50. The monoisotopic (exact) mass is 265 g/mol. The quantitative estimate of drug-likeness (QED) is 0.592. The molecule has 100 valence electrons. The highest BCUT2D eigenvalue weighted by molar-refractivity contribution is 6.73. The minimum Gasteiger partial charge on any atom is -0.387 e. The molecular weight excluding hydrogens is 242 g/mol. The molecule has 0 saturated heterocycles. The molecule has 3 nitrogen and oxygen atoms in total. The lowest BCUT2D eigenvalue weighted by atomic mass is 9.92. The Bertz CT molecular complexity index is 360. The lowest BCUT2D eigenvalue weighted by Gasteiger charge is -2.41. The third kappa shape index (κ3) is 3.11. The topological polar surface area (TPSA) is 53.2 Å². The van der Waals surface area contributed by atoms with E-state index in [9.17, 15) is 5.11 Å². The Morgan fingerprint density at radius 3 is 2.39 bits per heavy atom. The number of nitrogens with zero attached hydrogens (tertiary/aromatic N) is 1. The van der Waals surface area contributed by atoms with Crippen LogP contribution in [0.2, 0.25) is 18.1 Å². The summed E-state index contributed by atoms with van der Waals surface area (Å²) in [5.41, 5.74) is 0. The van der Waals surface area contributed by atoms with Crippen LogP contribution in [0.4, 0.5) is 0 Å². The van der Waals surface area contributed by atoms with Crippen molar-refractivity contribution in [1.82, 2.24) is 0 Å². The van der Waals surface area contributed by atoms with Crippen molar-refractivity contribution in [2.75, 3.05) is 0 Å². The van der Waals surface area contributed by atoms with Crippen molar-refractivity contribution in [3.8, 4) is 6.07 Å². The molecule has 0 aliphatic heterocycles. The molecule has 0 bridgehead atoms. The van der Waals surface area contributed by atoms with Crippen LogP contribution in [0.3, 0.4) is 0 Å². The molecule has 1 N–H and O–H groups in total. The number of hydrogen-bond acceptors (Lipinski definition) is 3. The van der Waals surface area contributed by atoms with Crippen LogP contribution in [0.1, 0.15) is 27.2 Å². The molecule has 0 heterocycles. The van der Waals surface area contributed by atoms with E-state index in [1.54, 1.807) is 12.2 Å². The smallest absolute Gasteiger partial charge is 0.196 e. The standard InChI is InChI=1S/C14H23NO2Si/c1-4-18(5-2,6-3)17-14(16)11-8-7-9-13(14)10-12-15/h7-9,11,13,16H,4-6,10H2,1-3H3. The summed E-state index contributed by atoms with van der Waals surface area (Å²) in [5, 5.41) is 19.6. The fraction of sp³-hybridized carbons (Fsp3) is 0.643. The summed E-state index contributed by atoms with van der Waals surface area (Å²) < 4.78 is 6.18. The van der Waals surface area contributed by atoms with Crippen molar-refractivity contribution >= 4 is 8.32 Å². The Labute approximate surface area is 111 Å². The van der Waals surface area contributed by atoms with Crippen LogP contribution >= 0.6 is 0 Å². The molecule has 0 spiro atoms. The van der Waals surface area contributed by atoms with Gasteiger partial charge in [-0.05, 0) is 24.2 Å². The van der Waals surface area contributed by atoms with Gasteiger partial charge in [0.2, 0.25) is 0 Å². The first-order valence-corrected chi connectivity index (χ1v) is 9.24. The van der Waals surface area contributed by atoms with E-state index in [2.05, 4.69) is 26.8 Å². The summed E-state index contributed by atoms with van der Waals surface area (Å²) in [6.45, 7) is 6.39. The Balaban J connectivity index is 2.94. The minimum absolute atomic E-state index is 0.260. The zero-order valence-electron chi connectivity index (χ0n) is 11.5. The Hall–Kier alpha value is -0.893. The first kappa shape index (κ1) is 15.2. The minimum atomic E-state index is -1.89. The first-order chi connectivity index (χ1) is 8.55. The lowest BCUT2D eigenvalue weighted by molar-refractivity contribution is -0.133. The molecule has 1 rings (SSSR count). The van der Waals surface area contributed by atoms with Crippen molar-refractivity contribution in [3.63, 3.8) is 0 Å². The van der Waals surface area contributed by atoms with E-state index < -0.39 is 14.1 Å². The Morgan fingerprint density at radius 2 is 1.89 bits per heavy atom. The maximum Gasteiger partial charge on any atom is 0.196 e. The van der Waals surface area contributed by atoms with Gasteiger partial charge in [0.1, 0.15) is 0 Å². The molecule has 0 fully saturated rings. The number of rotatable bonds is 6. The van der Waals surface area contributed by atoms with Crippen LogP contribution in [0.15, 0.2) is 24.3 Å². The van der Waals surface area contributed by atoms with Gasteiger partial charge in [-0.15, -0.1) is 0 Å². The molecule has 18 heavy (non-hydrogen) atoms. The molecule has 0 aromatic heterocycles. The number of aliphatic hydroxyl groups is 1.